The van der Waals surface area contributed by atoms with Crippen molar-refractivity contribution in [3.05, 3.63) is 0 Å². The molecule has 0 fully saturated rings. The lowest BCUT2D eigenvalue weighted by atomic mass is 10.6. The molecule has 0 heterocycles. The Balaban J connectivity index is 2.83. The third-order valence-corrected chi connectivity index (χ3v) is 3.29. The van der Waals surface area contributed by atoms with Gasteiger partial charge in [-0.1, -0.05) is 13.3 Å². The van der Waals surface area contributed by atoms with Gasteiger partial charge in [-0.15, -0.1) is 0 Å². The Kier molecular flexibility index (Phi) is 4.45. The molecule has 44 valence electrons. The molecule has 0 saturated heterocycles. The average Bonchev–Trinajstić information content (AvgIpc) is 1.68. The number of hydrogen-bond acceptors (Lipinski definition) is 1. The maximum Gasteiger partial charge on any atom is 0.173 e. The second-order valence-corrected chi connectivity index (χ2v) is 4.50. The lowest BCUT2D eigenvalue weighted by Gasteiger charge is -2.02. The molecule has 0 aromatic heterocycles. The van der Waals surface area contributed by atoms with Crippen LogP contribution in [0.15, 0.2) is 0 Å². The summed E-state index contributed by atoms with van der Waals surface area (Å²) in [6, 6.07) is 1.32. The quantitative estimate of drug-likeness (QED) is 0.509. The maximum absolute atomic E-state index is 5.13. The number of hydrogen-bond donors (Lipinski definition) is 0. The fraction of sp³-hybridized carbons (Fsp3) is 1.00. The van der Waals surface area contributed by atoms with E-state index in [2.05, 4.69) is 13.5 Å². The predicted octanol–water partition coefficient (Wildman–Crippen LogP) is 1.40. The molecule has 0 aliphatic heterocycles. The average molecular weight is 118 g/mol. The Labute approximate surface area is 47.4 Å². The molecule has 0 N–H and O–H groups in total. The van der Waals surface area contributed by atoms with Crippen LogP contribution in [-0.2, 0) is 4.43 Å². The second kappa shape index (κ2) is 4.34. The second-order valence-electron chi connectivity index (χ2n) is 1.83. The van der Waals surface area contributed by atoms with Gasteiger partial charge in [0.15, 0.2) is 9.04 Å². The van der Waals surface area contributed by atoms with Crippen LogP contribution in [0.1, 0.15) is 13.3 Å². The maximum atomic E-state index is 5.13. The lowest BCUT2D eigenvalue weighted by Crippen LogP contribution is -2.07. The summed E-state index contributed by atoms with van der Waals surface area (Å²) >= 11 is 0. The zero-order chi connectivity index (χ0) is 5.70. The van der Waals surface area contributed by atoms with Crippen LogP contribution in [0.5, 0.6) is 0 Å². The molecule has 0 aliphatic carbocycles. The van der Waals surface area contributed by atoms with Crippen molar-refractivity contribution >= 4 is 9.04 Å². The van der Waals surface area contributed by atoms with Crippen LogP contribution in [0.25, 0.3) is 0 Å². The summed E-state index contributed by atoms with van der Waals surface area (Å²) in [5, 5.41) is 0. The van der Waals surface area contributed by atoms with Crippen molar-refractivity contribution in [3.63, 3.8) is 0 Å². The van der Waals surface area contributed by atoms with Crippen molar-refractivity contribution in [1.29, 1.82) is 0 Å². The van der Waals surface area contributed by atoms with Crippen molar-refractivity contribution in [2.24, 2.45) is 0 Å². The molecule has 0 aromatic carbocycles. The molecule has 0 amide bonds. The first-order chi connectivity index (χ1) is 3.31. The highest BCUT2D eigenvalue weighted by molar-refractivity contribution is 6.50. The van der Waals surface area contributed by atoms with Crippen molar-refractivity contribution in [1.82, 2.24) is 0 Å². The molecule has 1 atom stereocenters. The van der Waals surface area contributed by atoms with E-state index in [1.165, 1.54) is 12.5 Å². The smallest absolute Gasteiger partial charge is 0.173 e. The van der Waals surface area contributed by atoms with Gasteiger partial charge in [-0.2, -0.15) is 0 Å². The zero-order valence-electron chi connectivity index (χ0n) is 5.40. The molecule has 1 unspecified atom stereocenters. The standard InChI is InChI=1S/C5H14OSi/c1-4-5-7(3)6-2/h7H,4-5H2,1-3H3. The van der Waals surface area contributed by atoms with Crippen LogP contribution in [0.3, 0.4) is 0 Å². The highest BCUT2D eigenvalue weighted by Gasteiger charge is 1.96. The van der Waals surface area contributed by atoms with Gasteiger partial charge in [0, 0.05) is 7.11 Å². The minimum absolute atomic E-state index is 0.681. The molecule has 7 heavy (non-hydrogen) atoms. The largest absolute Gasteiger partial charge is 0.423 e. The highest BCUT2D eigenvalue weighted by atomic mass is 28.3. The van der Waals surface area contributed by atoms with Gasteiger partial charge in [-0.05, 0) is 12.6 Å². The molecule has 0 aliphatic rings. The topological polar surface area (TPSA) is 9.23 Å². The van der Waals surface area contributed by atoms with Crippen LogP contribution in [0.4, 0.5) is 0 Å². The Morgan fingerprint density at radius 1 is 1.57 bits per heavy atom. The molecule has 0 radical (unpaired) electrons. The first-order valence-electron chi connectivity index (χ1n) is 2.84. The van der Waals surface area contributed by atoms with Gasteiger partial charge in [0.2, 0.25) is 0 Å². The van der Waals surface area contributed by atoms with Gasteiger partial charge in [0.25, 0.3) is 0 Å². The van der Waals surface area contributed by atoms with Gasteiger partial charge in [0.1, 0.15) is 0 Å². The Morgan fingerprint density at radius 2 is 2.14 bits per heavy atom. The Hall–Kier alpha value is 0.177. The third kappa shape index (κ3) is 4.02. The van der Waals surface area contributed by atoms with Crippen molar-refractivity contribution in [2.75, 3.05) is 7.11 Å². The SMILES string of the molecule is CCC[SiH](C)OC. The molecular formula is C5H14OSi. The van der Waals surface area contributed by atoms with Crippen LogP contribution >= 0.6 is 0 Å². The Morgan fingerprint density at radius 3 is 2.29 bits per heavy atom. The zero-order valence-corrected chi connectivity index (χ0v) is 6.55. The summed E-state index contributed by atoms with van der Waals surface area (Å²) in [7, 11) is 1.13. The highest BCUT2D eigenvalue weighted by Crippen LogP contribution is 1.94. The lowest BCUT2D eigenvalue weighted by molar-refractivity contribution is 0.423. The Bertz CT molecular complexity index is 39.1. The first kappa shape index (κ1) is 7.18. The van der Waals surface area contributed by atoms with Crippen LogP contribution in [0, 0.1) is 0 Å². The van der Waals surface area contributed by atoms with Crippen molar-refractivity contribution in [2.45, 2.75) is 25.9 Å². The molecule has 0 aromatic rings. The normalized spacial score (nSPS) is 14.1. The minimum Gasteiger partial charge on any atom is -0.423 e. The van der Waals surface area contributed by atoms with Crippen molar-refractivity contribution in [3.8, 4) is 0 Å². The molecule has 1 nitrogen and oxygen atoms in total. The van der Waals surface area contributed by atoms with E-state index in [-0.39, 0.29) is 0 Å². The fourth-order valence-electron chi connectivity index (χ4n) is 0.524. The van der Waals surface area contributed by atoms with E-state index >= 15 is 0 Å². The van der Waals surface area contributed by atoms with Gasteiger partial charge in [0.05, 0.1) is 0 Å². The van der Waals surface area contributed by atoms with E-state index < -0.39 is 9.04 Å². The number of rotatable bonds is 3. The van der Waals surface area contributed by atoms with E-state index in [0.29, 0.717) is 0 Å². The van der Waals surface area contributed by atoms with Crippen LogP contribution < -0.4 is 0 Å². The van der Waals surface area contributed by atoms with E-state index in [9.17, 15) is 0 Å². The van der Waals surface area contributed by atoms with Crippen molar-refractivity contribution < 1.29 is 4.43 Å². The summed E-state index contributed by atoms with van der Waals surface area (Å²) in [4.78, 5) is 0. The summed E-state index contributed by atoms with van der Waals surface area (Å²) in [6.45, 7) is 4.42. The van der Waals surface area contributed by atoms with E-state index in [4.69, 9.17) is 4.43 Å². The minimum atomic E-state index is -0.681. The molecule has 0 spiro atoms. The van der Waals surface area contributed by atoms with E-state index in [0.717, 1.165) is 0 Å². The predicted molar refractivity (Wildman–Crippen MR) is 35.1 cm³/mol. The monoisotopic (exact) mass is 118 g/mol. The molecule has 0 rings (SSSR count). The molecule has 2 heteroatoms. The molecular weight excluding hydrogens is 104 g/mol. The fourth-order valence-corrected chi connectivity index (χ4v) is 1.57. The first-order valence-corrected chi connectivity index (χ1v) is 5.28. The van der Waals surface area contributed by atoms with E-state index in [1.807, 2.05) is 7.11 Å². The molecule has 0 bridgehead atoms. The summed E-state index contributed by atoms with van der Waals surface area (Å²) in [6.07, 6.45) is 1.28. The van der Waals surface area contributed by atoms with Gasteiger partial charge >= 0.3 is 0 Å². The van der Waals surface area contributed by atoms with Gasteiger partial charge < -0.3 is 4.43 Å². The third-order valence-electron chi connectivity index (χ3n) is 1.10. The van der Waals surface area contributed by atoms with Crippen LogP contribution in [0.2, 0.25) is 12.6 Å². The summed E-state index contributed by atoms with van der Waals surface area (Å²) < 4.78 is 5.13. The summed E-state index contributed by atoms with van der Waals surface area (Å²) in [5.74, 6) is 0. The van der Waals surface area contributed by atoms with Gasteiger partial charge in [-0.25, -0.2) is 0 Å². The van der Waals surface area contributed by atoms with Gasteiger partial charge in [-0.3, -0.25) is 0 Å². The van der Waals surface area contributed by atoms with Crippen LogP contribution in [-0.4, -0.2) is 16.2 Å². The molecule has 0 saturated carbocycles. The summed E-state index contributed by atoms with van der Waals surface area (Å²) in [5.41, 5.74) is 0. The van der Waals surface area contributed by atoms with E-state index in [1.54, 1.807) is 0 Å².